The quantitative estimate of drug-likeness (QED) is 0.293. The maximum atomic E-state index is 6.47. The molecule has 2 heterocycles. The minimum Gasteiger partial charge on any atom is -0.490 e. The predicted octanol–water partition coefficient (Wildman–Crippen LogP) is 6.08. The summed E-state index contributed by atoms with van der Waals surface area (Å²) in [6.45, 7) is 7.70. The van der Waals surface area contributed by atoms with Gasteiger partial charge in [0.2, 0.25) is 0 Å². The van der Waals surface area contributed by atoms with Crippen LogP contribution < -0.4 is 9.47 Å². The van der Waals surface area contributed by atoms with E-state index in [-0.39, 0.29) is 0 Å². The summed E-state index contributed by atoms with van der Waals surface area (Å²) in [5.74, 6) is 1.53. The van der Waals surface area contributed by atoms with Crippen molar-refractivity contribution in [3.8, 4) is 11.5 Å². The highest BCUT2D eigenvalue weighted by Gasteiger charge is 2.30. The molecule has 0 aromatic heterocycles. The number of rotatable bonds is 9. The zero-order valence-electron chi connectivity index (χ0n) is 23.0. The summed E-state index contributed by atoms with van der Waals surface area (Å²) in [5.41, 5.74) is 3.73. The van der Waals surface area contributed by atoms with E-state index in [0.717, 1.165) is 61.2 Å². The van der Waals surface area contributed by atoms with Gasteiger partial charge in [-0.1, -0.05) is 41.6 Å². The normalized spacial score (nSPS) is 17.7. The molecule has 0 N–H and O–H groups in total. The number of nitrogens with zero attached hydrogens (tertiary/aromatic N) is 4. The molecule has 0 aliphatic carbocycles. The smallest absolute Gasteiger partial charge is 0.161 e. The first-order valence-electron chi connectivity index (χ1n) is 13.6. The lowest BCUT2D eigenvalue weighted by atomic mass is 9.97. The van der Waals surface area contributed by atoms with E-state index in [1.54, 1.807) is 0 Å². The molecule has 1 atom stereocenters. The van der Waals surface area contributed by atoms with Gasteiger partial charge in [-0.05, 0) is 86.6 Å². The maximum Gasteiger partial charge on any atom is 0.161 e. The second kappa shape index (κ2) is 13.1. The van der Waals surface area contributed by atoms with Crippen LogP contribution in [0.1, 0.15) is 29.7 Å². The van der Waals surface area contributed by atoms with E-state index in [0.29, 0.717) is 19.3 Å². The lowest BCUT2D eigenvalue weighted by Gasteiger charge is -2.38. The van der Waals surface area contributed by atoms with Crippen LogP contribution in [-0.4, -0.2) is 81.1 Å². The first-order valence-corrected chi connectivity index (χ1v) is 14.8. The van der Waals surface area contributed by atoms with Gasteiger partial charge in [0.25, 0.3) is 0 Å². The summed E-state index contributed by atoms with van der Waals surface area (Å²) in [6, 6.07) is 21.4. The molecule has 8 heteroatoms. The van der Waals surface area contributed by atoms with Gasteiger partial charge < -0.3 is 14.4 Å². The van der Waals surface area contributed by atoms with Crippen LogP contribution in [0.2, 0.25) is 5.02 Å². The summed E-state index contributed by atoms with van der Waals surface area (Å²) in [4.78, 5) is 7.33. The topological polar surface area (TPSA) is 40.5 Å². The summed E-state index contributed by atoms with van der Waals surface area (Å²) in [7, 11) is 4.07. The average molecular weight is 565 g/mol. The Morgan fingerprint density at radius 2 is 1.79 bits per heavy atom. The molecular formula is C31H37ClN4O2S. The Morgan fingerprint density at radius 3 is 2.59 bits per heavy atom. The molecule has 1 saturated heterocycles. The van der Waals surface area contributed by atoms with Crippen molar-refractivity contribution in [1.82, 2.24) is 14.8 Å². The number of hydrogen-bond donors (Lipinski definition) is 0. The van der Waals surface area contributed by atoms with E-state index in [2.05, 4.69) is 51.2 Å². The van der Waals surface area contributed by atoms with Crippen molar-refractivity contribution in [2.24, 2.45) is 5.10 Å². The molecule has 6 nitrogen and oxygen atoms in total. The van der Waals surface area contributed by atoms with Crippen LogP contribution in [0.25, 0.3) is 0 Å². The number of ether oxygens (including phenoxy) is 2. The van der Waals surface area contributed by atoms with Gasteiger partial charge >= 0.3 is 0 Å². The first kappa shape index (κ1) is 27.8. The van der Waals surface area contributed by atoms with Gasteiger partial charge in [0.15, 0.2) is 11.5 Å². The highest BCUT2D eigenvalue weighted by atomic mass is 35.5. The number of likely N-dealkylation sites (N-methyl/N-ethyl adjacent to an activating group) is 1. The van der Waals surface area contributed by atoms with Crippen molar-refractivity contribution in [1.29, 1.82) is 0 Å². The molecule has 5 rings (SSSR count). The highest BCUT2D eigenvalue weighted by Crippen LogP contribution is 2.43. The Labute approximate surface area is 241 Å². The minimum atomic E-state index is 0.301. The molecule has 0 spiro atoms. The molecule has 0 amide bonds. The fourth-order valence-electron chi connectivity index (χ4n) is 5.02. The van der Waals surface area contributed by atoms with E-state index >= 15 is 0 Å². The molecule has 1 unspecified atom stereocenters. The summed E-state index contributed by atoms with van der Waals surface area (Å²) in [6.07, 6.45) is 2.92. The zero-order chi connectivity index (χ0) is 27.2. The number of hydrogen-bond acceptors (Lipinski definition) is 7. The van der Waals surface area contributed by atoms with Crippen LogP contribution in [0.15, 0.2) is 75.6 Å². The van der Waals surface area contributed by atoms with Crippen molar-refractivity contribution >= 4 is 29.6 Å². The Kier molecular flexibility index (Phi) is 9.35. The van der Waals surface area contributed by atoms with Gasteiger partial charge in [0.1, 0.15) is 6.61 Å². The van der Waals surface area contributed by atoms with Gasteiger partial charge in [-0.25, -0.2) is 0 Å². The fraction of sp³-hybridized carbons (Fsp3) is 0.387. The molecule has 206 valence electrons. The monoisotopic (exact) mass is 564 g/mol. The lowest BCUT2D eigenvalue weighted by Crippen LogP contribution is -2.46. The number of fused-ring (bicyclic) bond motifs is 2. The number of hydrazone groups is 1. The van der Waals surface area contributed by atoms with E-state index < -0.39 is 0 Å². The average Bonchev–Trinajstić information content (AvgIpc) is 3.10. The molecule has 2 aliphatic rings. The largest absolute Gasteiger partial charge is 0.490 e. The molecule has 1 fully saturated rings. The van der Waals surface area contributed by atoms with Gasteiger partial charge in [-0.3, -0.25) is 9.91 Å². The number of piperazine rings is 1. The van der Waals surface area contributed by atoms with Crippen LogP contribution in [-0.2, 0) is 6.42 Å². The van der Waals surface area contributed by atoms with Gasteiger partial charge in [-0.15, -0.1) is 0 Å². The third-order valence-corrected chi connectivity index (χ3v) is 8.55. The van der Waals surface area contributed by atoms with Gasteiger partial charge in [0.05, 0.1) is 12.8 Å². The van der Waals surface area contributed by atoms with Crippen LogP contribution in [0, 0.1) is 0 Å². The molecular weight excluding hydrogens is 528 g/mol. The lowest BCUT2D eigenvalue weighted by molar-refractivity contribution is 0.0970. The molecule has 3 aromatic rings. The molecule has 2 aliphatic heterocycles. The third-order valence-electron chi connectivity index (χ3n) is 7.10. The Bertz CT molecular complexity index is 1290. The van der Waals surface area contributed by atoms with E-state index in [4.69, 9.17) is 26.2 Å². The Morgan fingerprint density at radius 1 is 0.974 bits per heavy atom. The van der Waals surface area contributed by atoms with Gasteiger partial charge in [0, 0.05) is 53.6 Å². The van der Waals surface area contributed by atoms with Crippen LogP contribution >= 0.6 is 23.4 Å². The van der Waals surface area contributed by atoms with Gasteiger partial charge in [-0.2, -0.15) is 5.10 Å². The van der Waals surface area contributed by atoms with E-state index in [1.807, 2.05) is 63.3 Å². The molecule has 3 aromatic carbocycles. The van der Waals surface area contributed by atoms with Crippen molar-refractivity contribution < 1.29 is 9.47 Å². The second-order valence-corrected chi connectivity index (χ2v) is 11.7. The van der Waals surface area contributed by atoms with Crippen LogP contribution in [0.3, 0.4) is 0 Å². The minimum absolute atomic E-state index is 0.301. The van der Waals surface area contributed by atoms with Crippen LogP contribution in [0.5, 0.6) is 11.5 Å². The highest BCUT2D eigenvalue weighted by molar-refractivity contribution is 7.99. The summed E-state index contributed by atoms with van der Waals surface area (Å²) in [5, 5.41) is 7.78. The third kappa shape index (κ3) is 7.09. The maximum absolute atomic E-state index is 6.47. The number of benzene rings is 3. The fourth-order valence-corrected chi connectivity index (χ4v) is 6.32. The zero-order valence-corrected chi connectivity index (χ0v) is 24.5. The molecule has 0 saturated carbocycles. The first-order chi connectivity index (χ1) is 19.0. The summed E-state index contributed by atoms with van der Waals surface area (Å²) < 4.78 is 11.8. The summed E-state index contributed by atoms with van der Waals surface area (Å²) >= 11 is 8.33. The second-order valence-electron chi connectivity index (χ2n) is 10.1. The van der Waals surface area contributed by atoms with Crippen molar-refractivity contribution in [3.05, 3.63) is 82.4 Å². The molecule has 0 radical (unpaired) electrons. The SMILES string of the molecule is CCOc1cc(C=NN2CCN(C3Cc4ccccc4Sc4ccc(Cl)cc43)CC2)ccc1OCCN(C)C. The predicted molar refractivity (Wildman–Crippen MR) is 161 cm³/mol. The standard InChI is InChI=1S/C31H37ClN4O2S/c1-4-37-29-19-23(9-11-28(29)38-18-17-34(2)3)22-33-36-15-13-35(14-16-36)27-20-24-7-5-6-8-30(24)39-31-12-10-25(32)21-26(27)31/h5-12,19,21-22,27H,4,13-18,20H2,1-3H3. The van der Waals surface area contributed by atoms with E-state index in [9.17, 15) is 0 Å². The number of halogens is 1. The van der Waals surface area contributed by atoms with Crippen molar-refractivity contribution in [3.63, 3.8) is 0 Å². The van der Waals surface area contributed by atoms with Crippen molar-refractivity contribution in [2.75, 3.05) is 60.0 Å². The molecule has 39 heavy (non-hydrogen) atoms. The van der Waals surface area contributed by atoms with Crippen molar-refractivity contribution in [2.45, 2.75) is 29.2 Å². The molecule has 0 bridgehead atoms. The Hall–Kier alpha value is -2.71. The Balaban J connectivity index is 1.25. The van der Waals surface area contributed by atoms with Crippen LogP contribution in [0.4, 0.5) is 0 Å². The van der Waals surface area contributed by atoms with E-state index in [1.165, 1.54) is 20.9 Å².